The van der Waals surface area contributed by atoms with E-state index in [4.69, 9.17) is 4.74 Å². The first kappa shape index (κ1) is 20.7. The van der Waals surface area contributed by atoms with Crippen molar-refractivity contribution in [1.29, 1.82) is 0 Å². The molecule has 0 saturated heterocycles. The van der Waals surface area contributed by atoms with Crippen LogP contribution < -0.4 is 5.32 Å². The van der Waals surface area contributed by atoms with Crippen LogP contribution in [0.25, 0.3) is 0 Å². The molecule has 1 aromatic heterocycles. The fourth-order valence-corrected chi connectivity index (χ4v) is 3.74. The van der Waals surface area contributed by atoms with Crippen LogP contribution in [0.5, 0.6) is 0 Å². The summed E-state index contributed by atoms with van der Waals surface area (Å²) in [6.07, 6.45) is 8.43. The zero-order chi connectivity index (χ0) is 19.8. The molecule has 28 heavy (non-hydrogen) atoms. The molecule has 2 N–H and O–H groups in total. The molecule has 0 bridgehead atoms. The Bertz CT molecular complexity index is 732. The van der Waals surface area contributed by atoms with E-state index in [9.17, 15) is 9.90 Å². The molecule has 0 radical (unpaired) electrons. The van der Waals surface area contributed by atoms with Gasteiger partial charge in [0.2, 0.25) is 0 Å². The maximum absolute atomic E-state index is 12.9. The number of aliphatic hydroxyl groups is 1. The van der Waals surface area contributed by atoms with Crippen molar-refractivity contribution < 1.29 is 14.6 Å². The zero-order valence-electron chi connectivity index (χ0n) is 16.6. The molecule has 1 aliphatic rings. The minimum absolute atomic E-state index is 0.000106. The molecule has 1 aliphatic carbocycles. The molecule has 6 nitrogen and oxygen atoms in total. The number of nitrogens with zero attached hydrogens (tertiary/aromatic N) is 2. The number of Topliss-reactive ketones (excluding diaryl/α,β-unsaturated/α-hetero) is 1. The Morgan fingerprint density at radius 3 is 2.82 bits per heavy atom. The van der Waals surface area contributed by atoms with Crippen LogP contribution in [0, 0.1) is 0 Å². The average Bonchev–Trinajstić information content (AvgIpc) is 3.13. The van der Waals surface area contributed by atoms with E-state index in [0.717, 1.165) is 37.8 Å². The second-order valence-corrected chi connectivity index (χ2v) is 7.58. The fourth-order valence-electron chi connectivity index (χ4n) is 3.74. The summed E-state index contributed by atoms with van der Waals surface area (Å²) < 4.78 is 7.73. The summed E-state index contributed by atoms with van der Waals surface area (Å²) in [4.78, 5) is 12.9. The van der Waals surface area contributed by atoms with Gasteiger partial charge < -0.3 is 15.2 Å². The van der Waals surface area contributed by atoms with Crippen LogP contribution in [0.15, 0.2) is 42.7 Å². The van der Waals surface area contributed by atoms with Crippen molar-refractivity contribution in [2.75, 3.05) is 13.2 Å². The van der Waals surface area contributed by atoms with Crippen LogP contribution in [-0.2, 0) is 18.2 Å². The van der Waals surface area contributed by atoms with Crippen LogP contribution >= 0.6 is 0 Å². The van der Waals surface area contributed by atoms with Crippen molar-refractivity contribution in [2.45, 2.75) is 56.8 Å². The van der Waals surface area contributed by atoms with Gasteiger partial charge in [0.25, 0.3) is 0 Å². The summed E-state index contributed by atoms with van der Waals surface area (Å²) in [6.45, 7) is 1.28. The maximum Gasteiger partial charge on any atom is 0.191 e. The van der Waals surface area contributed by atoms with Gasteiger partial charge in [-0.15, -0.1) is 0 Å². The third-order valence-electron chi connectivity index (χ3n) is 5.31. The number of aliphatic hydroxyl groups excluding tert-OH is 1. The molecule has 1 saturated carbocycles. The number of carbonyl (C=O) groups excluding carboxylic acids is 1. The van der Waals surface area contributed by atoms with E-state index in [1.165, 1.54) is 6.42 Å². The molecule has 1 heterocycles. The molecule has 152 valence electrons. The lowest BCUT2D eigenvalue weighted by molar-refractivity contribution is 0.0391. The summed E-state index contributed by atoms with van der Waals surface area (Å²) in [5.41, 5.74) is 1.65. The monoisotopic (exact) mass is 385 g/mol. The van der Waals surface area contributed by atoms with Gasteiger partial charge in [0.05, 0.1) is 12.3 Å². The number of carbonyl (C=O) groups is 1. The number of hydrogen-bond acceptors (Lipinski definition) is 5. The molecule has 3 atom stereocenters. The number of rotatable bonds is 10. The quantitative estimate of drug-likeness (QED) is 0.485. The molecule has 3 unspecified atom stereocenters. The first-order chi connectivity index (χ1) is 13.6. The minimum atomic E-state index is -0.521. The zero-order valence-corrected chi connectivity index (χ0v) is 16.6. The van der Waals surface area contributed by atoms with Gasteiger partial charge in [-0.1, -0.05) is 43.2 Å². The highest BCUT2D eigenvalue weighted by Gasteiger charge is 2.23. The smallest absolute Gasteiger partial charge is 0.191 e. The van der Waals surface area contributed by atoms with Crippen LogP contribution in [-0.4, -0.2) is 52.1 Å². The molecule has 0 spiro atoms. The molecule has 3 rings (SSSR count). The van der Waals surface area contributed by atoms with Crippen molar-refractivity contribution in [3.8, 4) is 0 Å². The number of benzene rings is 1. The minimum Gasteiger partial charge on any atom is -0.392 e. The Labute approximate surface area is 166 Å². The lowest BCUT2D eigenvalue weighted by Crippen LogP contribution is -2.42. The standard InChI is InChI=1S/C22H31N3O3/c1-25-16-17(15-24-25)14-21(22(27)18-8-3-2-4-9-18)28-13-7-12-23-19-10-5-6-11-20(19)26/h2-4,8-9,15-16,19-21,23,26H,5-7,10-14H2,1H3. The second kappa shape index (κ2) is 10.5. The van der Waals surface area contributed by atoms with Gasteiger partial charge in [-0.25, -0.2) is 0 Å². The normalized spacial score (nSPS) is 20.8. The highest BCUT2D eigenvalue weighted by Crippen LogP contribution is 2.18. The van der Waals surface area contributed by atoms with Gasteiger partial charge in [-0.2, -0.15) is 5.10 Å². The summed E-state index contributed by atoms with van der Waals surface area (Å²) in [6, 6.07) is 9.48. The second-order valence-electron chi connectivity index (χ2n) is 7.58. The third-order valence-corrected chi connectivity index (χ3v) is 5.31. The molecule has 1 fully saturated rings. The van der Waals surface area contributed by atoms with E-state index in [2.05, 4.69) is 10.4 Å². The molecule has 2 aromatic rings. The largest absolute Gasteiger partial charge is 0.392 e. The number of aryl methyl sites for hydroxylation is 1. The van der Waals surface area contributed by atoms with E-state index in [0.29, 0.717) is 18.6 Å². The Kier molecular flexibility index (Phi) is 7.77. The molecule has 0 amide bonds. The molecular formula is C22H31N3O3. The SMILES string of the molecule is Cn1cc(CC(OCCCNC2CCCCC2O)C(=O)c2ccccc2)cn1. The van der Waals surface area contributed by atoms with E-state index in [1.807, 2.05) is 43.6 Å². The van der Waals surface area contributed by atoms with E-state index in [1.54, 1.807) is 10.9 Å². The van der Waals surface area contributed by atoms with Gasteiger partial charge in [-0.05, 0) is 31.4 Å². The van der Waals surface area contributed by atoms with Crippen molar-refractivity contribution >= 4 is 5.78 Å². The Morgan fingerprint density at radius 1 is 1.32 bits per heavy atom. The topological polar surface area (TPSA) is 76.4 Å². The third kappa shape index (κ3) is 5.99. The Morgan fingerprint density at radius 2 is 2.11 bits per heavy atom. The average molecular weight is 386 g/mol. The maximum atomic E-state index is 12.9. The molecule has 1 aromatic carbocycles. The predicted molar refractivity (Wildman–Crippen MR) is 108 cm³/mol. The number of hydrogen-bond donors (Lipinski definition) is 2. The Balaban J connectivity index is 1.51. The van der Waals surface area contributed by atoms with Gasteiger partial charge in [0, 0.05) is 37.9 Å². The predicted octanol–water partition coefficient (Wildman–Crippen LogP) is 2.51. The summed E-state index contributed by atoms with van der Waals surface area (Å²) >= 11 is 0. The van der Waals surface area contributed by atoms with Crippen LogP contribution in [0.3, 0.4) is 0 Å². The van der Waals surface area contributed by atoms with Gasteiger partial charge in [0.15, 0.2) is 5.78 Å². The number of aromatic nitrogens is 2. The van der Waals surface area contributed by atoms with E-state index >= 15 is 0 Å². The number of ketones is 1. The van der Waals surface area contributed by atoms with Gasteiger partial charge in [0.1, 0.15) is 6.10 Å². The summed E-state index contributed by atoms with van der Waals surface area (Å²) in [5.74, 6) is 0.000106. The van der Waals surface area contributed by atoms with E-state index < -0.39 is 6.10 Å². The highest BCUT2D eigenvalue weighted by molar-refractivity contribution is 5.99. The first-order valence-corrected chi connectivity index (χ1v) is 10.2. The van der Waals surface area contributed by atoms with Crippen LogP contribution in [0.1, 0.15) is 48.0 Å². The number of ether oxygens (including phenoxy) is 1. The van der Waals surface area contributed by atoms with Crippen molar-refractivity contribution in [2.24, 2.45) is 7.05 Å². The van der Waals surface area contributed by atoms with Crippen LogP contribution in [0.4, 0.5) is 0 Å². The Hall–Kier alpha value is -2.02. The van der Waals surface area contributed by atoms with Crippen molar-refractivity contribution in [3.63, 3.8) is 0 Å². The lowest BCUT2D eigenvalue weighted by Gasteiger charge is -2.28. The number of nitrogens with one attached hydrogen (secondary N) is 1. The molecular weight excluding hydrogens is 354 g/mol. The first-order valence-electron chi connectivity index (χ1n) is 10.2. The summed E-state index contributed by atoms with van der Waals surface area (Å²) in [5, 5.41) is 17.6. The highest BCUT2D eigenvalue weighted by atomic mass is 16.5. The molecule has 6 heteroatoms. The summed E-state index contributed by atoms with van der Waals surface area (Å²) in [7, 11) is 1.86. The lowest BCUT2D eigenvalue weighted by atomic mass is 9.92. The van der Waals surface area contributed by atoms with Gasteiger partial charge >= 0.3 is 0 Å². The van der Waals surface area contributed by atoms with Crippen molar-refractivity contribution in [1.82, 2.24) is 15.1 Å². The van der Waals surface area contributed by atoms with E-state index in [-0.39, 0.29) is 17.9 Å². The fraction of sp³-hybridized carbons (Fsp3) is 0.545. The van der Waals surface area contributed by atoms with Crippen molar-refractivity contribution in [3.05, 3.63) is 53.9 Å². The van der Waals surface area contributed by atoms with Gasteiger partial charge in [-0.3, -0.25) is 9.48 Å². The molecule has 0 aliphatic heterocycles. The van der Waals surface area contributed by atoms with Crippen LogP contribution in [0.2, 0.25) is 0 Å².